The molecule has 0 radical (unpaired) electrons. The van der Waals surface area contributed by atoms with Crippen molar-refractivity contribution in [3.05, 3.63) is 57.6 Å². The first-order chi connectivity index (χ1) is 14.6. The van der Waals surface area contributed by atoms with E-state index in [1.807, 2.05) is 56.9 Å². The highest BCUT2D eigenvalue weighted by Gasteiger charge is 2.17. The highest BCUT2D eigenvalue weighted by Crippen LogP contribution is 2.26. The lowest BCUT2D eigenvalue weighted by molar-refractivity contribution is -0.138. The molecule has 31 heavy (non-hydrogen) atoms. The number of aliphatic hydroxyl groups is 1. The summed E-state index contributed by atoms with van der Waals surface area (Å²) in [6.45, 7) is 9.50. The van der Waals surface area contributed by atoms with Gasteiger partial charge in [0.25, 0.3) is 0 Å². The number of hydrogen-bond acceptors (Lipinski definition) is 6. The summed E-state index contributed by atoms with van der Waals surface area (Å²) in [4.78, 5) is 15.2. The fourth-order valence-corrected chi connectivity index (χ4v) is 3.92. The third-order valence-electron chi connectivity index (χ3n) is 5.34. The molecule has 0 atom stereocenters. The van der Waals surface area contributed by atoms with Crippen molar-refractivity contribution < 1.29 is 25.2 Å². The number of carboxylic acids is 1. The average Bonchev–Trinajstić information content (AvgIpc) is 2.67. The Morgan fingerprint density at radius 1 is 0.774 bits per heavy atom. The van der Waals surface area contributed by atoms with Gasteiger partial charge >= 0.3 is 5.97 Å². The maximum atomic E-state index is 11.4. The normalized spacial score (nSPS) is 11.5. The van der Waals surface area contributed by atoms with E-state index in [-0.39, 0.29) is 24.7 Å². The standard InChI is InChI=1S/C24H34N2O5/c1-16-9-18(3)23(30)20(11-16)13-25(7-8-27)5-6-26(15-22(28)29)14-21-12-17(2)10-19(4)24(21)31/h9-12,27,30-31H,5-8,13-15H2,1-4H3,(H,28,29). The molecular formula is C24H34N2O5. The minimum atomic E-state index is -0.940. The number of aliphatic hydroxyl groups excluding tert-OH is 1. The Hall–Kier alpha value is -2.61. The van der Waals surface area contributed by atoms with Gasteiger partial charge in [-0.1, -0.05) is 35.4 Å². The third kappa shape index (κ3) is 7.24. The van der Waals surface area contributed by atoms with Crippen LogP contribution < -0.4 is 0 Å². The summed E-state index contributed by atoms with van der Waals surface area (Å²) in [5.74, 6) is -0.506. The van der Waals surface area contributed by atoms with Crippen molar-refractivity contribution in [2.75, 3.05) is 32.8 Å². The number of aliphatic carboxylic acids is 1. The zero-order valence-electron chi connectivity index (χ0n) is 18.9. The number of hydrogen-bond donors (Lipinski definition) is 4. The Labute approximate surface area is 184 Å². The number of rotatable bonds is 11. The summed E-state index contributed by atoms with van der Waals surface area (Å²) in [5.41, 5.74) is 5.09. The summed E-state index contributed by atoms with van der Waals surface area (Å²) in [7, 11) is 0. The highest BCUT2D eigenvalue weighted by atomic mass is 16.4. The van der Waals surface area contributed by atoms with E-state index in [0.717, 1.165) is 27.8 Å². The molecule has 0 aromatic heterocycles. The van der Waals surface area contributed by atoms with Crippen molar-refractivity contribution >= 4 is 5.97 Å². The Morgan fingerprint density at radius 3 is 1.68 bits per heavy atom. The molecule has 0 bridgehead atoms. The predicted octanol–water partition coefficient (Wildman–Crippen LogP) is 2.71. The molecule has 0 aliphatic heterocycles. The number of aryl methyl sites for hydroxylation is 4. The number of nitrogens with zero attached hydrogens (tertiary/aromatic N) is 2. The van der Waals surface area contributed by atoms with E-state index in [9.17, 15) is 25.2 Å². The predicted molar refractivity (Wildman–Crippen MR) is 120 cm³/mol. The highest BCUT2D eigenvalue weighted by molar-refractivity contribution is 5.69. The van der Waals surface area contributed by atoms with E-state index in [4.69, 9.17) is 0 Å². The lowest BCUT2D eigenvalue weighted by atomic mass is 10.0. The van der Waals surface area contributed by atoms with Crippen LogP contribution in [0.25, 0.3) is 0 Å². The van der Waals surface area contributed by atoms with Gasteiger partial charge in [0, 0.05) is 43.9 Å². The van der Waals surface area contributed by atoms with Crippen molar-refractivity contribution in [2.24, 2.45) is 0 Å². The van der Waals surface area contributed by atoms with Crippen LogP contribution in [0.4, 0.5) is 0 Å². The molecule has 0 unspecified atom stereocenters. The Kier molecular flexibility index (Phi) is 8.86. The van der Waals surface area contributed by atoms with E-state index >= 15 is 0 Å². The Balaban J connectivity index is 2.15. The van der Waals surface area contributed by atoms with Crippen LogP contribution in [0.1, 0.15) is 33.4 Å². The number of phenols is 2. The van der Waals surface area contributed by atoms with Gasteiger partial charge in [-0.3, -0.25) is 14.6 Å². The first-order valence-corrected chi connectivity index (χ1v) is 10.5. The van der Waals surface area contributed by atoms with Crippen LogP contribution in [0.2, 0.25) is 0 Å². The molecular weight excluding hydrogens is 396 g/mol. The van der Waals surface area contributed by atoms with Gasteiger partial charge in [-0.2, -0.15) is 0 Å². The molecule has 0 spiro atoms. The second-order valence-electron chi connectivity index (χ2n) is 8.28. The summed E-state index contributed by atoms with van der Waals surface area (Å²) in [5, 5.41) is 39.6. The number of phenolic OH excluding ortho intramolecular Hbond substituents is 2. The van der Waals surface area contributed by atoms with Crippen molar-refractivity contribution in [3.8, 4) is 11.5 Å². The van der Waals surface area contributed by atoms with E-state index in [1.54, 1.807) is 4.90 Å². The van der Waals surface area contributed by atoms with Crippen molar-refractivity contribution in [1.82, 2.24) is 9.80 Å². The average molecular weight is 431 g/mol. The van der Waals surface area contributed by atoms with Gasteiger partial charge in [-0.25, -0.2) is 0 Å². The van der Waals surface area contributed by atoms with Gasteiger partial charge < -0.3 is 20.4 Å². The SMILES string of the molecule is Cc1cc(C)c(O)c(CN(CCO)CCN(CC(=O)O)Cc2cc(C)cc(C)c2O)c1. The van der Waals surface area contributed by atoms with Crippen LogP contribution >= 0.6 is 0 Å². The monoisotopic (exact) mass is 430 g/mol. The molecule has 0 aliphatic carbocycles. The first kappa shape index (κ1) is 24.7. The smallest absolute Gasteiger partial charge is 0.317 e. The minimum absolute atomic E-state index is 0.0393. The van der Waals surface area contributed by atoms with Crippen LogP contribution in [-0.4, -0.2) is 69.0 Å². The second-order valence-corrected chi connectivity index (χ2v) is 8.28. The van der Waals surface area contributed by atoms with Gasteiger partial charge in [0.15, 0.2) is 0 Å². The molecule has 170 valence electrons. The van der Waals surface area contributed by atoms with E-state index in [1.165, 1.54) is 0 Å². The molecule has 2 aromatic rings. The van der Waals surface area contributed by atoms with Crippen molar-refractivity contribution in [2.45, 2.75) is 40.8 Å². The number of carbonyl (C=O) groups is 1. The molecule has 7 nitrogen and oxygen atoms in total. The fourth-order valence-electron chi connectivity index (χ4n) is 3.92. The topological polar surface area (TPSA) is 104 Å². The van der Waals surface area contributed by atoms with Crippen LogP contribution in [0.3, 0.4) is 0 Å². The molecule has 0 saturated carbocycles. The Morgan fingerprint density at radius 2 is 1.23 bits per heavy atom. The minimum Gasteiger partial charge on any atom is -0.507 e. The van der Waals surface area contributed by atoms with Crippen LogP contribution in [-0.2, 0) is 17.9 Å². The molecule has 0 fully saturated rings. The van der Waals surface area contributed by atoms with Gasteiger partial charge in [0.05, 0.1) is 13.2 Å². The lowest BCUT2D eigenvalue weighted by Crippen LogP contribution is -2.38. The summed E-state index contributed by atoms with van der Waals surface area (Å²) < 4.78 is 0. The summed E-state index contributed by atoms with van der Waals surface area (Å²) >= 11 is 0. The molecule has 2 aromatic carbocycles. The van der Waals surface area contributed by atoms with Crippen LogP contribution in [0, 0.1) is 27.7 Å². The summed E-state index contributed by atoms with van der Waals surface area (Å²) in [6, 6.07) is 7.60. The van der Waals surface area contributed by atoms with E-state index in [2.05, 4.69) is 0 Å². The quantitative estimate of drug-likeness (QED) is 0.434. The van der Waals surface area contributed by atoms with Crippen molar-refractivity contribution in [3.63, 3.8) is 0 Å². The summed E-state index contributed by atoms with van der Waals surface area (Å²) in [6.07, 6.45) is 0. The van der Waals surface area contributed by atoms with Gasteiger partial charge in [-0.15, -0.1) is 0 Å². The fraction of sp³-hybridized carbons (Fsp3) is 0.458. The lowest BCUT2D eigenvalue weighted by Gasteiger charge is -2.27. The molecule has 0 aliphatic rings. The molecule has 7 heteroatoms. The zero-order chi connectivity index (χ0) is 23.1. The molecule has 0 heterocycles. The zero-order valence-corrected chi connectivity index (χ0v) is 18.9. The third-order valence-corrected chi connectivity index (χ3v) is 5.34. The first-order valence-electron chi connectivity index (χ1n) is 10.5. The number of aromatic hydroxyl groups is 2. The maximum absolute atomic E-state index is 11.4. The molecule has 2 rings (SSSR count). The molecule has 4 N–H and O–H groups in total. The number of carboxylic acid groups (broad SMARTS) is 1. The van der Waals surface area contributed by atoms with Crippen molar-refractivity contribution in [1.29, 1.82) is 0 Å². The van der Waals surface area contributed by atoms with Crippen LogP contribution in [0.15, 0.2) is 24.3 Å². The van der Waals surface area contributed by atoms with Gasteiger partial charge in [0.2, 0.25) is 0 Å². The second kappa shape index (κ2) is 11.1. The van der Waals surface area contributed by atoms with Gasteiger partial charge in [-0.05, 0) is 38.8 Å². The van der Waals surface area contributed by atoms with Crippen LogP contribution in [0.5, 0.6) is 11.5 Å². The van der Waals surface area contributed by atoms with E-state index in [0.29, 0.717) is 38.3 Å². The van der Waals surface area contributed by atoms with E-state index < -0.39 is 5.97 Å². The van der Waals surface area contributed by atoms with Gasteiger partial charge in [0.1, 0.15) is 11.5 Å². The maximum Gasteiger partial charge on any atom is 0.317 e. The Bertz CT molecular complexity index is 913. The largest absolute Gasteiger partial charge is 0.507 e. The number of benzene rings is 2. The molecule has 0 amide bonds. The molecule has 0 saturated heterocycles.